The van der Waals surface area contributed by atoms with E-state index >= 15 is 0 Å². The van der Waals surface area contributed by atoms with E-state index in [1.807, 2.05) is 0 Å². The van der Waals surface area contributed by atoms with Gasteiger partial charge in [-0.05, 0) is 80.9 Å². The molecule has 4 heteroatoms. The highest BCUT2D eigenvalue weighted by molar-refractivity contribution is 5.89. The zero-order valence-corrected chi connectivity index (χ0v) is 24.5. The maximum atomic E-state index is 14.5. The summed E-state index contributed by atoms with van der Waals surface area (Å²) < 4.78 is 25.9. The summed E-state index contributed by atoms with van der Waals surface area (Å²) in [6.07, 6.45) is 25.3. The number of hydrogen-bond donors (Lipinski definition) is 0. The number of benzene rings is 1. The second-order valence-electron chi connectivity index (χ2n) is 12.2. The van der Waals surface area contributed by atoms with Crippen LogP contribution in [0.15, 0.2) is 18.2 Å². The number of halogens is 1. The number of ether oxygens (including phenoxy) is 2. The van der Waals surface area contributed by atoms with Gasteiger partial charge in [0.1, 0.15) is 6.10 Å². The molecule has 3 nitrogen and oxygen atoms in total. The van der Waals surface area contributed by atoms with Gasteiger partial charge in [0.25, 0.3) is 0 Å². The minimum absolute atomic E-state index is 0.0371. The number of rotatable bonds is 17. The molecule has 38 heavy (non-hydrogen) atoms. The first-order chi connectivity index (χ1) is 18.6. The lowest BCUT2D eigenvalue weighted by atomic mass is 9.70. The second-order valence-corrected chi connectivity index (χ2v) is 12.2. The van der Waals surface area contributed by atoms with Gasteiger partial charge >= 0.3 is 5.97 Å². The molecule has 2 aliphatic carbocycles. The minimum Gasteiger partial charge on any atom is -0.491 e. The molecule has 0 amide bonds. The number of carbonyl (C=O) groups excluding carboxylic acids is 1. The summed E-state index contributed by atoms with van der Waals surface area (Å²) in [4.78, 5) is 12.7. The van der Waals surface area contributed by atoms with Gasteiger partial charge in [0.2, 0.25) is 0 Å². The van der Waals surface area contributed by atoms with E-state index in [0.717, 1.165) is 56.3 Å². The van der Waals surface area contributed by atoms with Crippen LogP contribution in [-0.2, 0) is 4.74 Å². The van der Waals surface area contributed by atoms with Crippen LogP contribution in [0.4, 0.5) is 4.39 Å². The zero-order valence-electron chi connectivity index (χ0n) is 24.5. The van der Waals surface area contributed by atoms with Crippen molar-refractivity contribution in [1.29, 1.82) is 0 Å². The lowest BCUT2D eigenvalue weighted by Crippen LogP contribution is -2.29. The van der Waals surface area contributed by atoms with Gasteiger partial charge in [0.15, 0.2) is 11.6 Å². The van der Waals surface area contributed by atoms with Gasteiger partial charge in [-0.1, -0.05) is 97.3 Å². The highest BCUT2D eigenvalue weighted by atomic mass is 19.1. The van der Waals surface area contributed by atoms with Crippen LogP contribution in [0.5, 0.6) is 5.75 Å². The lowest BCUT2D eigenvalue weighted by molar-refractivity contribution is 0.0109. The first-order valence-corrected chi connectivity index (χ1v) is 16.2. The Kier molecular flexibility index (Phi) is 14.6. The predicted octanol–water partition coefficient (Wildman–Crippen LogP) is 10.4. The lowest BCUT2D eigenvalue weighted by Gasteiger charge is -2.37. The van der Waals surface area contributed by atoms with Crippen LogP contribution in [0, 0.1) is 23.6 Å². The van der Waals surface area contributed by atoms with E-state index in [2.05, 4.69) is 13.8 Å². The number of carbonyl (C=O) groups is 1. The fourth-order valence-corrected chi connectivity index (χ4v) is 6.69. The average molecular weight is 531 g/mol. The van der Waals surface area contributed by atoms with Crippen LogP contribution in [0.1, 0.15) is 153 Å². The van der Waals surface area contributed by atoms with Crippen LogP contribution in [0.25, 0.3) is 0 Å². The standard InChI is InChI=1S/C34H55FO3/c1-3-5-7-9-10-12-14-27-15-17-28(18-16-27)29-19-22-31(23-20-29)38-34(36)30-21-24-33(32(35)26-30)37-25-13-11-8-6-4-2/h21,24,26-29,31H,3-20,22-23,25H2,1-2H3. The molecular weight excluding hydrogens is 475 g/mol. The van der Waals surface area contributed by atoms with E-state index in [9.17, 15) is 9.18 Å². The van der Waals surface area contributed by atoms with E-state index < -0.39 is 11.8 Å². The van der Waals surface area contributed by atoms with E-state index in [0.29, 0.717) is 6.61 Å². The summed E-state index contributed by atoms with van der Waals surface area (Å²) >= 11 is 0. The Hall–Kier alpha value is -1.58. The van der Waals surface area contributed by atoms with Crippen LogP contribution in [0.2, 0.25) is 0 Å². The molecule has 2 saturated carbocycles. The van der Waals surface area contributed by atoms with Crippen molar-refractivity contribution in [3.8, 4) is 5.75 Å². The van der Waals surface area contributed by atoms with Crippen molar-refractivity contribution >= 4 is 5.97 Å². The number of hydrogen-bond acceptors (Lipinski definition) is 3. The Labute approximate surface area is 232 Å². The van der Waals surface area contributed by atoms with Crippen molar-refractivity contribution in [2.24, 2.45) is 17.8 Å². The van der Waals surface area contributed by atoms with Gasteiger partial charge in [-0.2, -0.15) is 0 Å². The molecule has 0 radical (unpaired) electrons. The van der Waals surface area contributed by atoms with Gasteiger partial charge in [0, 0.05) is 0 Å². The topological polar surface area (TPSA) is 35.5 Å². The smallest absolute Gasteiger partial charge is 0.338 e. The third kappa shape index (κ3) is 10.9. The average Bonchev–Trinajstić information content (AvgIpc) is 2.94. The van der Waals surface area contributed by atoms with Gasteiger partial charge in [-0.3, -0.25) is 0 Å². The summed E-state index contributed by atoms with van der Waals surface area (Å²) in [6.45, 7) is 4.98. The number of esters is 1. The van der Waals surface area contributed by atoms with Crippen molar-refractivity contribution in [3.05, 3.63) is 29.6 Å². The Balaban J connectivity index is 1.30. The molecule has 0 N–H and O–H groups in total. The molecule has 1 aromatic rings. The first kappa shape index (κ1) is 31.0. The Morgan fingerprint density at radius 2 is 1.34 bits per heavy atom. The van der Waals surface area contributed by atoms with Gasteiger partial charge in [-0.15, -0.1) is 0 Å². The summed E-state index contributed by atoms with van der Waals surface area (Å²) in [7, 11) is 0. The van der Waals surface area contributed by atoms with Crippen molar-refractivity contribution in [2.45, 2.75) is 148 Å². The molecule has 0 aromatic heterocycles. The predicted molar refractivity (Wildman–Crippen MR) is 155 cm³/mol. The van der Waals surface area contributed by atoms with Crippen molar-refractivity contribution in [3.63, 3.8) is 0 Å². The summed E-state index contributed by atoms with van der Waals surface area (Å²) in [5, 5.41) is 0. The highest BCUT2D eigenvalue weighted by Crippen LogP contribution is 2.41. The molecule has 0 saturated heterocycles. The Morgan fingerprint density at radius 3 is 1.97 bits per heavy atom. The molecule has 3 rings (SSSR count). The highest BCUT2D eigenvalue weighted by Gasteiger charge is 2.32. The van der Waals surface area contributed by atoms with Gasteiger partial charge < -0.3 is 9.47 Å². The van der Waals surface area contributed by atoms with Crippen LogP contribution in [-0.4, -0.2) is 18.7 Å². The molecule has 1 aromatic carbocycles. The third-order valence-electron chi connectivity index (χ3n) is 9.19. The van der Waals surface area contributed by atoms with Crippen LogP contribution in [0.3, 0.4) is 0 Å². The Bertz CT molecular complexity index is 778. The first-order valence-electron chi connectivity index (χ1n) is 16.2. The molecule has 2 fully saturated rings. The molecule has 0 spiro atoms. The molecule has 0 unspecified atom stereocenters. The quantitative estimate of drug-likeness (QED) is 0.148. The molecule has 0 atom stereocenters. The molecule has 0 bridgehead atoms. The minimum atomic E-state index is -0.483. The van der Waals surface area contributed by atoms with Crippen LogP contribution >= 0.6 is 0 Å². The van der Waals surface area contributed by atoms with Crippen molar-refractivity contribution in [2.75, 3.05) is 6.61 Å². The van der Waals surface area contributed by atoms with Gasteiger partial charge in [0.05, 0.1) is 12.2 Å². The summed E-state index contributed by atoms with van der Waals surface area (Å²) in [5.74, 6) is 1.94. The van der Waals surface area contributed by atoms with E-state index in [-0.39, 0.29) is 17.4 Å². The summed E-state index contributed by atoms with van der Waals surface area (Å²) in [6, 6.07) is 4.47. The van der Waals surface area contributed by atoms with E-state index in [1.54, 1.807) is 12.1 Å². The normalized spacial score (nSPS) is 23.8. The van der Waals surface area contributed by atoms with Crippen LogP contribution < -0.4 is 4.74 Å². The largest absolute Gasteiger partial charge is 0.491 e. The van der Waals surface area contributed by atoms with Gasteiger partial charge in [-0.25, -0.2) is 9.18 Å². The maximum absolute atomic E-state index is 14.5. The zero-order chi connectivity index (χ0) is 27.0. The van der Waals surface area contributed by atoms with E-state index in [4.69, 9.17) is 9.47 Å². The van der Waals surface area contributed by atoms with Crippen molar-refractivity contribution in [1.82, 2.24) is 0 Å². The fourth-order valence-electron chi connectivity index (χ4n) is 6.69. The monoisotopic (exact) mass is 530 g/mol. The Morgan fingerprint density at radius 1 is 0.763 bits per heavy atom. The molecule has 216 valence electrons. The number of unbranched alkanes of at least 4 members (excludes halogenated alkanes) is 9. The maximum Gasteiger partial charge on any atom is 0.338 e. The molecular formula is C34H55FO3. The SMILES string of the molecule is CCCCCCCCC1CCC(C2CCC(OC(=O)c3ccc(OCCCCCCC)c(F)c3)CC2)CC1. The molecule has 0 heterocycles. The molecule has 2 aliphatic rings. The molecule has 0 aliphatic heterocycles. The summed E-state index contributed by atoms with van der Waals surface area (Å²) in [5.41, 5.74) is 0.281. The third-order valence-corrected chi connectivity index (χ3v) is 9.19. The van der Waals surface area contributed by atoms with Crippen molar-refractivity contribution < 1.29 is 18.7 Å². The fraction of sp³-hybridized carbons (Fsp3) is 0.794. The second kappa shape index (κ2) is 17.9. The van der Waals surface area contributed by atoms with E-state index in [1.165, 1.54) is 96.0 Å².